The summed E-state index contributed by atoms with van der Waals surface area (Å²) in [6.07, 6.45) is 7.26. The maximum absolute atomic E-state index is 13.5. The largest absolute Gasteiger partial charge is 0.444 e. The number of anilines is 1. The monoisotopic (exact) mass is 581 g/mol. The zero-order valence-corrected chi connectivity index (χ0v) is 26.0. The van der Waals surface area contributed by atoms with E-state index in [1.807, 2.05) is 51.1 Å². The fourth-order valence-electron chi connectivity index (χ4n) is 6.08. The van der Waals surface area contributed by atoms with Crippen molar-refractivity contribution >= 4 is 28.7 Å². The van der Waals surface area contributed by atoms with Crippen molar-refractivity contribution in [1.29, 1.82) is 0 Å². The van der Waals surface area contributed by atoms with E-state index in [1.54, 1.807) is 7.11 Å². The number of fused-ring (bicyclic) bond motifs is 1. The molecule has 0 bridgehead atoms. The fourth-order valence-corrected chi connectivity index (χ4v) is 6.08. The number of nitrogens with zero attached hydrogens (tertiary/aromatic N) is 2. The molecule has 2 aromatic rings. The minimum atomic E-state index is -0.486. The Bertz CT molecular complexity index is 1150. The SMILES string of the molecule is COCCNCCC1CCN(c2cc(C(=O)NC[C@H]3CC[C@H](CNC(=O)OC(C)(C)C)CC3)c3ccccc3n2)CC1. The Kier molecular flexibility index (Phi) is 11.8. The van der Waals surface area contributed by atoms with Crippen molar-refractivity contribution in [3.05, 3.63) is 35.9 Å². The predicted octanol–water partition coefficient (Wildman–Crippen LogP) is 5.14. The molecule has 0 spiro atoms. The number of pyridine rings is 1. The van der Waals surface area contributed by atoms with Crippen molar-refractivity contribution in [2.24, 2.45) is 17.8 Å². The number of aromatic nitrogens is 1. The van der Waals surface area contributed by atoms with Gasteiger partial charge in [0, 0.05) is 45.2 Å². The van der Waals surface area contributed by atoms with Gasteiger partial charge >= 0.3 is 6.09 Å². The number of methoxy groups -OCH3 is 1. The first kappa shape index (κ1) is 32.0. The first-order chi connectivity index (χ1) is 20.2. The summed E-state index contributed by atoms with van der Waals surface area (Å²) in [7, 11) is 1.73. The maximum atomic E-state index is 13.5. The molecule has 1 saturated heterocycles. The molecule has 2 heterocycles. The first-order valence-electron chi connectivity index (χ1n) is 15.8. The van der Waals surface area contributed by atoms with E-state index in [0.717, 1.165) is 88.0 Å². The molecule has 2 aliphatic rings. The third kappa shape index (κ3) is 9.83. The molecule has 1 saturated carbocycles. The molecule has 0 radical (unpaired) electrons. The Morgan fingerprint density at radius 1 is 0.929 bits per heavy atom. The number of hydrogen-bond donors (Lipinski definition) is 3. The number of carbonyl (C=O) groups is 2. The average Bonchev–Trinajstić information content (AvgIpc) is 2.98. The summed E-state index contributed by atoms with van der Waals surface area (Å²) < 4.78 is 10.5. The van der Waals surface area contributed by atoms with Gasteiger partial charge in [-0.2, -0.15) is 0 Å². The first-order valence-corrected chi connectivity index (χ1v) is 15.8. The van der Waals surface area contributed by atoms with Crippen LogP contribution >= 0.6 is 0 Å². The number of piperidine rings is 1. The molecule has 2 amide bonds. The van der Waals surface area contributed by atoms with Gasteiger partial charge in [0.1, 0.15) is 11.4 Å². The van der Waals surface area contributed by atoms with Gasteiger partial charge in [0.15, 0.2) is 0 Å². The molecule has 1 aliphatic heterocycles. The van der Waals surface area contributed by atoms with Gasteiger partial charge in [-0.05, 0) is 102 Å². The molecule has 0 atom stereocenters. The lowest BCUT2D eigenvalue weighted by Gasteiger charge is -2.33. The Hall–Kier alpha value is -2.91. The van der Waals surface area contributed by atoms with Gasteiger partial charge in [-0.15, -0.1) is 0 Å². The summed E-state index contributed by atoms with van der Waals surface area (Å²) >= 11 is 0. The minimum absolute atomic E-state index is 0.0272. The van der Waals surface area contributed by atoms with Gasteiger partial charge in [-0.3, -0.25) is 4.79 Å². The number of benzene rings is 1. The van der Waals surface area contributed by atoms with Gasteiger partial charge < -0.3 is 30.3 Å². The normalized spacial score (nSPS) is 20.0. The Balaban J connectivity index is 1.27. The zero-order valence-electron chi connectivity index (χ0n) is 26.0. The number of nitrogens with one attached hydrogen (secondary N) is 3. The molecular weight excluding hydrogens is 530 g/mol. The lowest BCUT2D eigenvalue weighted by molar-refractivity contribution is 0.0512. The summed E-state index contributed by atoms with van der Waals surface area (Å²) in [6, 6.07) is 9.94. The average molecular weight is 582 g/mol. The van der Waals surface area contributed by atoms with Crippen molar-refractivity contribution in [2.75, 3.05) is 57.9 Å². The van der Waals surface area contributed by atoms with Crippen LogP contribution < -0.4 is 20.9 Å². The van der Waals surface area contributed by atoms with Crippen molar-refractivity contribution in [3.63, 3.8) is 0 Å². The molecule has 1 aliphatic carbocycles. The van der Waals surface area contributed by atoms with Crippen LogP contribution in [0.1, 0.15) is 76.1 Å². The molecule has 9 nitrogen and oxygen atoms in total. The summed E-state index contributed by atoms with van der Waals surface area (Å²) in [6.45, 7) is 11.5. The molecule has 9 heteroatoms. The van der Waals surface area contributed by atoms with Crippen LogP contribution in [0.15, 0.2) is 30.3 Å². The molecule has 4 rings (SSSR count). The van der Waals surface area contributed by atoms with Crippen molar-refractivity contribution in [2.45, 2.75) is 71.3 Å². The molecule has 3 N–H and O–H groups in total. The lowest BCUT2D eigenvalue weighted by Crippen LogP contribution is -2.37. The highest BCUT2D eigenvalue weighted by molar-refractivity contribution is 6.07. The van der Waals surface area contributed by atoms with Crippen LogP contribution in [0.2, 0.25) is 0 Å². The van der Waals surface area contributed by atoms with Crippen molar-refractivity contribution < 1.29 is 19.1 Å². The quantitative estimate of drug-likeness (QED) is 0.298. The number of hydrogen-bond acceptors (Lipinski definition) is 7. The Morgan fingerprint density at radius 3 is 2.26 bits per heavy atom. The van der Waals surface area contributed by atoms with E-state index >= 15 is 0 Å². The lowest BCUT2D eigenvalue weighted by atomic mass is 9.82. The van der Waals surface area contributed by atoms with Crippen LogP contribution in [0.25, 0.3) is 10.9 Å². The standard InChI is InChI=1S/C33H51N5O4/c1-33(2,3)42-32(40)36-23-26-11-9-25(10-12-26)22-35-31(39)28-21-30(37-29-8-6-5-7-27(28)29)38-18-14-24(15-19-38)13-16-34-17-20-41-4/h5-8,21,24-26,34H,9-20,22-23H2,1-4H3,(H,35,39)(H,36,40)/t25-,26-. The van der Waals surface area contributed by atoms with Crippen LogP contribution in [0.3, 0.4) is 0 Å². The highest BCUT2D eigenvalue weighted by Crippen LogP contribution is 2.30. The van der Waals surface area contributed by atoms with E-state index in [2.05, 4.69) is 20.9 Å². The smallest absolute Gasteiger partial charge is 0.407 e. The topological polar surface area (TPSA) is 105 Å². The molecule has 1 aromatic heterocycles. The van der Waals surface area contributed by atoms with E-state index < -0.39 is 5.60 Å². The molecule has 232 valence electrons. The Labute approximate surface area is 251 Å². The molecule has 1 aromatic carbocycles. The summed E-state index contributed by atoms with van der Waals surface area (Å²) in [5.74, 6) is 2.48. The van der Waals surface area contributed by atoms with Crippen LogP contribution in [0, 0.1) is 17.8 Å². The van der Waals surface area contributed by atoms with Crippen LogP contribution in [-0.4, -0.2) is 75.6 Å². The van der Waals surface area contributed by atoms with Gasteiger partial charge in [0.05, 0.1) is 17.7 Å². The highest BCUT2D eigenvalue weighted by Gasteiger charge is 2.25. The summed E-state index contributed by atoms with van der Waals surface area (Å²) in [5.41, 5.74) is 1.08. The maximum Gasteiger partial charge on any atom is 0.407 e. The van der Waals surface area contributed by atoms with Gasteiger partial charge in [-0.25, -0.2) is 9.78 Å². The minimum Gasteiger partial charge on any atom is -0.444 e. The third-order valence-corrected chi connectivity index (χ3v) is 8.55. The second kappa shape index (κ2) is 15.5. The second-order valence-electron chi connectivity index (χ2n) is 13.0. The third-order valence-electron chi connectivity index (χ3n) is 8.55. The number of rotatable bonds is 12. The molecule has 0 unspecified atom stereocenters. The second-order valence-corrected chi connectivity index (χ2v) is 13.0. The fraction of sp³-hybridized carbons (Fsp3) is 0.667. The van der Waals surface area contributed by atoms with Crippen LogP contribution in [0.5, 0.6) is 0 Å². The van der Waals surface area contributed by atoms with Gasteiger partial charge in [0.25, 0.3) is 5.91 Å². The van der Waals surface area contributed by atoms with E-state index in [-0.39, 0.29) is 12.0 Å². The predicted molar refractivity (Wildman–Crippen MR) is 168 cm³/mol. The highest BCUT2D eigenvalue weighted by atomic mass is 16.6. The summed E-state index contributed by atoms with van der Waals surface area (Å²) in [4.78, 5) is 32.8. The van der Waals surface area contributed by atoms with E-state index in [9.17, 15) is 9.59 Å². The zero-order chi connectivity index (χ0) is 30.0. The molecule has 2 fully saturated rings. The van der Waals surface area contributed by atoms with E-state index in [4.69, 9.17) is 14.5 Å². The number of para-hydroxylation sites is 1. The van der Waals surface area contributed by atoms with Gasteiger partial charge in [0.2, 0.25) is 0 Å². The van der Waals surface area contributed by atoms with Crippen LogP contribution in [0.4, 0.5) is 10.6 Å². The number of amides is 2. The van der Waals surface area contributed by atoms with E-state index in [0.29, 0.717) is 36.4 Å². The van der Waals surface area contributed by atoms with Crippen LogP contribution in [-0.2, 0) is 9.47 Å². The Morgan fingerprint density at radius 2 is 1.60 bits per heavy atom. The number of alkyl carbamates (subject to hydrolysis) is 1. The van der Waals surface area contributed by atoms with Gasteiger partial charge in [-0.1, -0.05) is 18.2 Å². The van der Waals surface area contributed by atoms with Crippen molar-refractivity contribution in [1.82, 2.24) is 20.9 Å². The van der Waals surface area contributed by atoms with Crippen molar-refractivity contribution in [3.8, 4) is 0 Å². The summed E-state index contributed by atoms with van der Waals surface area (Å²) in [5, 5.41) is 10.5. The molecule has 42 heavy (non-hydrogen) atoms. The molecular formula is C33H51N5O4. The van der Waals surface area contributed by atoms with E-state index in [1.165, 1.54) is 6.42 Å². The number of ether oxygens (including phenoxy) is 2. The number of carbonyl (C=O) groups excluding carboxylic acids is 2.